The molecule has 0 saturated carbocycles. The van der Waals surface area contributed by atoms with Gasteiger partial charge in [-0.1, -0.05) is 91.0 Å². The Labute approximate surface area is 276 Å². The normalized spacial score (nSPS) is 15.8. The predicted octanol–water partition coefficient (Wildman–Crippen LogP) is 8.97. The molecule has 8 aromatic rings. The number of aromatic nitrogens is 4. The van der Waals surface area contributed by atoms with E-state index in [0.29, 0.717) is 17.6 Å². The van der Waals surface area contributed by atoms with Crippen molar-refractivity contribution in [3.8, 4) is 28.7 Å². The minimum atomic E-state index is -0.417. The van der Waals surface area contributed by atoms with Crippen molar-refractivity contribution in [3.05, 3.63) is 115 Å². The molecule has 0 atom stereocenters. The average molecular weight is 631 g/mol. The molecule has 1 saturated heterocycles. The third-order valence-corrected chi connectivity index (χ3v) is 10.9. The van der Waals surface area contributed by atoms with Crippen LogP contribution in [0.2, 0.25) is 0 Å². The van der Waals surface area contributed by atoms with Crippen LogP contribution in [0.1, 0.15) is 27.7 Å². The Hall–Kier alpha value is -4.89. The van der Waals surface area contributed by atoms with Crippen LogP contribution in [-0.2, 0) is 9.31 Å². The van der Waals surface area contributed by atoms with Gasteiger partial charge in [-0.05, 0) is 57.4 Å². The lowest BCUT2D eigenvalue weighted by atomic mass is 9.79. The smallest absolute Gasteiger partial charge is 0.399 e. The Morgan fingerprint density at radius 3 is 1.91 bits per heavy atom. The van der Waals surface area contributed by atoms with Gasteiger partial charge in [-0.15, -0.1) is 11.3 Å². The molecule has 0 radical (unpaired) electrons. The van der Waals surface area contributed by atoms with Crippen molar-refractivity contribution in [1.82, 2.24) is 19.5 Å². The van der Waals surface area contributed by atoms with Crippen LogP contribution < -0.4 is 5.46 Å². The first kappa shape index (κ1) is 28.3. The summed E-state index contributed by atoms with van der Waals surface area (Å²) in [7, 11) is -0.417. The highest BCUT2D eigenvalue weighted by Crippen LogP contribution is 2.41. The van der Waals surface area contributed by atoms with Gasteiger partial charge in [0.05, 0.1) is 22.2 Å². The van der Waals surface area contributed by atoms with E-state index in [1.165, 1.54) is 15.5 Å². The highest BCUT2D eigenvalue weighted by Gasteiger charge is 2.51. The van der Waals surface area contributed by atoms with E-state index in [9.17, 15) is 0 Å². The zero-order valence-corrected chi connectivity index (χ0v) is 27.4. The second-order valence-electron chi connectivity index (χ2n) is 13.1. The number of thiophene rings is 1. The molecule has 8 heteroatoms. The van der Waals surface area contributed by atoms with E-state index < -0.39 is 18.3 Å². The Morgan fingerprint density at radius 2 is 1.21 bits per heavy atom. The summed E-state index contributed by atoms with van der Waals surface area (Å²) in [5, 5.41) is 4.68. The summed E-state index contributed by atoms with van der Waals surface area (Å²) < 4.78 is 17.2. The minimum absolute atomic E-state index is 0.400. The number of hydrogen-bond donors (Lipinski definition) is 0. The van der Waals surface area contributed by atoms with Gasteiger partial charge in [-0.3, -0.25) is 4.57 Å². The van der Waals surface area contributed by atoms with E-state index in [0.717, 1.165) is 43.1 Å². The molecule has 1 aliphatic heterocycles. The van der Waals surface area contributed by atoms with E-state index in [1.54, 1.807) is 11.3 Å². The highest BCUT2D eigenvalue weighted by atomic mass is 32.1. The predicted molar refractivity (Wildman–Crippen MR) is 194 cm³/mol. The Bertz CT molecular complexity index is 2430. The summed E-state index contributed by atoms with van der Waals surface area (Å²) in [6.07, 6.45) is 0. The number of nitrogens with zero attached hydrogens (tertiary/aromatic N) is 4. The average Bonchev–Trinajstić information content (AvgIpc) is 3.70. The number of rotatable bonds is 4. The monoisotopic (exact) mass is 630 g/mol. The Morgan fingerprint density at radius 1 is 0.596 bits per heavy atom. The lowest BCUT2D eigenvalue weighted by Gasteiger charge is -2.32. The molecular formula is C39H31BN4O2S. The van der Waals surface area contributed by atoms with Crippen LogP contribution in [0.4, 0.5) is 0 Å². The van der Waals surface area contributed by atoms with Crippen molar-refractivity contribution in [1.29, 1.82) is 0 Å². The standard InChI is InChI=1S/C39H31BN4O2S/c1-38(2)39(3,4)46-40(45-38)25-21-22-28-29-17-12-18-30(34(29)47-33(28)23-25)36-41-35(24-13-6-5-7-14-24)42-37(43-36)44-31-19-10-8-15-26(31)27-16-9-11-20-32(27)44/h5-23H,1-4H3. The SMILES string of the molecule is CC1(C)OB(c2ccc3c(c2)sc2c(-c4nc(-c5ccccc5)nc(-n5c6ccccc6c6ccccc65)n4)cccc23)OC1(C)C. The van der Waals surface area contributed by atoms with Crippen LogP contribution in [0, 0.1) is 0 Å². The van der Waals surface area contributed by atoms with Gasteiger partial charge in [0.15, 0.2) is 11.6 Å². The van der Waals surface area contributed by atoms with Crippen LogP contribution in [0.15, 0.2) is 115 Å². The zero-order chi connectivity index (χ0) is 31.9. The molecule has 5 aromatic carbocycles. The van der Waals surface area contributed by atoms with Crippen LogP contribution >= 0.6 is 11.3 Å². The van der Waals surface area contributed by atoms with Crippen molar-refractivity contribution < 1.29 is 9.31 Å². The lowest BCUT2D eigenvalue weighted by Crippen LogP contribution is -2.41. The molecule has 4 heterocycles. The fourth-order valence-corrected chi connectivity index (χ4v) is 7.82. The van der Waals surface area contributed by atoms with Gasteiger partial charge in [0.2, 0.25) is 5.95 Å². The molecule has 3 aromatic heterocycles. The summed E-state index contributed by atoms with van der Waals surface area (Å²) in [6, 6.07) is 39.9. The molecule has 9 rings (SSSR count). The van der Waals surface area contributed by atoms with Crippen molar-refractivity contribution >= 4 is 65.9 Å². The molecular weight excluding hydrogens is 599 g/mol. The second kappa shape index (κ2) is 10.3. The zero-order valence-electron chi connectivity index (χ0n) is 26.6. The fraction of sp³-hybridized carbons (Fsp3) is 0.154. The first-order chi connectivity index (χ1) is 22.8. The molecule has 1 fully saturated rings. The van der Waals surface area contributed by atoms with E-state index in [2.05, 4.69) is 117 Å². The van der Waals surface area contributed by atoms with Crippen molar-refractivity contribution in [2.75, 3.05) is 0 Å². The molecule has 0 N–H and O–H groups in total. The first-order valence-electron chi connectivity index (χ1n) is 15.9. The molecule has 47 heavy (non-hydrogen) atoms. The molecule has 0 amide bonds. The third-order valence-electron chi connectivity index (χ3n) is 9.72. The fourth-order valence-electron chi connectivity index (χ4n) is 6.56. The molecule has 0 unspecified atom stereocenters. The van der Waals surface area contributed by atoms with Crippen LogP contribution in [0.25, 0.3) is 70.7 Å². The second-order valence-corrected chi connectivity index (χ2v) is 14.2. The van der Waals surface area contributed by atoms with Crippen LogP contribution in [0.3, 0.4) is 0 Å². The van der Waals surface area contributed by atoms with Gasteiger partial charge in [0, 0.05) is 42.1 Å². The van der Waals surface area contributed by atoms with Gasteiger partial charge in [-0.25, -0.2) is 4.98 Å². The first-order valence-corrected chi connectivity index (χ1v) is 16.7. The quantitative estimate of drug-likeness (QED) is 0.182. The van der Waals surface area contributed by atoms with Crippen molar-refractivity contribution in [3.63, 3.8) is 0 Å². The summed E-state index contributed by atoms with van der Waals surface area (Å²) in [5.74, 6) is 1.86. The van der Waals surface area contributed by atoms with Gasteiger partial charge in [-0.2, -0.15) is 9.97 Å². The van der Waals surface area contributed by atoms with E-state index in [-0.39, 0.29) is 0 Å². The van der Waals surface area contributed by atoms with Gasteiger partial charge >= 0.3 is 7.12 Å². The number of para-hydroxylation sites is 2. The molecule has 228 valence electrons. The lowest BCUT2D eigenvalue weighted by molar-refractivity contribution is 0.00578. The number of benzene rings is 5. The summed E-state index contributed by atoms with van der Waals surface area (Å²) >= 11 is 1.75. The number of fused-ring (bicyclic) bond motifs is 6. The Kier molecular flexibility index (Phi) is 6.22. The van der Waals surface area contributed by atoms with E-state index >= 15 is 0 Å². The molecule has 0 spiro atoms. The number of hydrogen-bond acceptors (Lipinski definition) is 6. The maximum Gasteiger partial charge on any atom is 0.494 e. The largest absolute Gasteiger partial charge is 0.494 e. The maximum atomic E-state index is 6.38. The van der Waals surface area contributed by atoms with E-state index in [1.807, 2.05) is 30.3 Å². The minimum Gasteiger partial charge on any atom is -0.399 e. The van der Waals surface area contributed by atoms with Crippen LogP contribution in [-0.4, -0.2) is 37.8 Å². The molecule has 0 bridgehead atoms. The summed E-state index contributed by atoms with van der Waals surface area (Å²) in [5.41, 5.74) is 4.24. The van der Waals surface area contributed by atoms with Crippen molar-refractivity contribution in [2.24, 2.45) is 0 Å². The highest BCUT2D eigenvalue weighted by molar-refractivity contribution is 7.26. The van der Waals surface area contributed by atoms with Gasteiger partial charge in [0.1, 0.15) is 0 Å². The summed E-state index contributed by atoms with van der Waals surface area (Å²) in [6.45, 7) is 8.35. The van der Waals surface area contributed by atoms with Gasteiger partial charge in [0.25, 0.3) is 0 Å². The maximum absolute atomic E-state index is 6.38. The van der Waals surface area contributed by atoms with Crippen molar-refractivity contribution in [2.45, 2.75) is 38.9 Å². The molecule has 6 nitrogen and oxygen atoms in total. The molecule has 0 aliphatic carbocycles. The topological polar surface area (TPSA) is 62.1 Å². The van der Waals surface area contributed by atoms with Crippen LogP contribution in [0.5, 0.6) is 0 Å². The Balaban J connectivity index is 1.25. The summed E-state index contributed by atoms with van der Waals surface area (Å²) in [4.78, 5) is 15.4. The third kappa shape index (κ3) is 4.43. The molecule has 1 aliphatic rings. The van der Waals surface area contributed by atoms with E-state index in [4.69, 9.17) is 24.3 Å². The van der Waals surface area contributed by atoms with Gasteiger partial charge < -0.3 is 9.31 Å².